The van der Waals surface area contributed by atoms with Crippen molar-refractivity contribution in [3.05, 3.63) is 58.6 Å². The van der Waals surface area contributed by atoms with Gasteiger partial charge in [-0.2, -0.15) is 0 Å². The summed E-state index contributed by atoms with van der Waals surface area (Å²) in [5, 5.41) is 4.01. The van der Waals surface area contributed by atoms with Gasteiger partial charge in [0.1, 0.15) is 0 Å². The van der Waals surface area contributed by atoms with Crippen molar-refractivity contribution >= 4 is 40.6 Å². The Morgan fingerprint density at radius 1 is 0.913 bits per heavy atom. The molecule has 0 unspecified atom stereocenters. The van der Waals surface area contributed by atoms with Crippen molar-refractivity contribution in [2.24, 2.45) is 0 Å². The molecule has 4 nitrogen and oxygen atoms in total. The van der Waals surface area contributed by atoms with Crippen LogP contribution in [0.15, 0.2) is 48.5 Å². The lowest BCUT2D eigenvalue weighted by atomic mass is 10.2. The highest BCUT2D eigenvalue weighted by Crippen LogP contribution is 2.27. The summed E-state index contributed by atoms with van der Waals surface area (Å²) >= 11 is 12.0. The quantitative estimate of drug-likeness (QED) is 0.874. The number of para-hydroxylation sites is 1. The van der Waals surface area contributed by atoms with Crippen LogP contribution in [0.2, 0.25) is 10.0 Å². The van der Waals surface area contributed by atoms with Crippen molar-refractivity contribution in [1.29, 1.82) is 0 Å². The molecule has 120 valence electrons. The molecule has 0 saturated carbocycles. The van der Waals surface area contributed by atoms with E-state index >= 15 is 0 Å². The van der Waals surface area contributed by atoms with E-state index in [1.807, 2.05) is 47.4 Å². The lowest BCUT2D eigenvalue weighted by Gasteiger charge is -2.36. The molecule has 2 amide bonds. The van der Waals surface area contributed by atoms with Crippen molar-refractivity contribution < 1.29 is 4.79 Å². The van der Waals surface area contributed by atoms with Gasteiger partial charge in [0.15, 0.2) is 0 Å². The molecule has 0 spiro atoms. The molecule has 0 atom stereocenters. The van der Waals surface area contributed by atoms with Gasteiger partial charge in [0.25, 0.3) is 0 Å². The minimum Gasteiger partial charge on any atom is -0.368 e. The molecule has 1 saturated heterocycles. The highest BCUT2D eigenvalue weighted by atomic mass is 35.5. The van der Waals surface area contributed by atoms with Crippen LogP contribution < -0.4 is 10.2 Å². The monoisotopic (exact) mass is 349 g/mol. The predicted octanol–water partition coefficient (Wildman–Crippen LogP) is 4.35. The van der Waals surface area contributed by atoms with Crippen molar-refractivity contribution in [3.63, 3.8) is 0 Å². The van der Waals surface area contributed by atoms with Crippen LogP contribution in [0.4, 0.5) is 16.2 Å². The first kappa shape index (κ1) is 16.0. The standard InChI is InChI=1S/C17H17Cl2N3O/c18-15-7-6-14(12-16(15)19)21-8-10-22(11-9-21)17(23)20-13-4-2-1-3-5-13/h1-7,12H,8-11H2,(H,20,23). The second-order valence-corrected chi connectivity index (χ2v) is 6.18. The lowest BCUT2D eigenvalue weighted by Crippen LogP contribution is -2.50. The van der Waals surface area contributed by atoms with Gasteiger partial charge >= 0.3 is 6.03 Å². The van der Waals surface area contributed by atoms with Crippen molar-refractivity contribution in [2.45, 2.75) is 0 Å². The van der Waals surface area contributed by atoms with Crippen molar-refractivity contribution in [1.82, 2.24) is 4.90 Å². The van der Waals surface area contributed by atoms with Crippen LogP contribution >= 0.6 is 23.2 Å². The fourth-order valence-electron chi connectivity index (χ4n) is 2.57. The summed E-state index contributed by atoms with van der Waals surface area (Å²) in [6.45, 7) is 2.86. The summed E-state index contributed by atoms with van der Waals surface area (Å²) in [4.78, 5) is 16.3. The Labute approximate surface area is 145 Å². The van der Waals surface area contributed by atoms with E-state index in [-0.39, 0.29) is 6.03 Å². The van der Waals surface area contributed by atoms with Crippen molar-refractivity contribution in [2.75, 3.05) is 36.4 Å². The number of benzene rings is 2. The molecular weight excluding hydrogens is 333 g/mol. The van der Waals surface area contributed by atoms with Crippen molar-refractivity contribution in [3.8, 4) is 0 Å². The summed E-state index contributed by atoms with van der Waals surface area (Å²) in [5.74, 6) is 0. The molecule has 1 aliphatic heterocycles. The number of piperazine rings is 1. The minimum absolute atomic E-state index is 0.0648. The smallest absolute Gasteiger partial charge is 0.321 e. The molecule has 1 N–H and O–H groups in total. The molecule has 3 rings (SSSR count). The third-order valence-electron chi connectivity index (χ3n) is 3.86. The molecule has 0 aliphatic carbocycles. The Morgan fingerprint density at radius 3 is 2.26 bits per heavy atom. The number of hydrogen-bond donors (Lipinski definition) is 1. The number of nitrogens with one attached hydrogen (secondary N) is 1. The molecule has 2 aromatic carbocycles. The Kier molecular flexibility index (Phi) is 4.94. The van der Waals surface area contributed by atoms with Crippen LogP contribution in [-0.2, 0) is 0 Å². The number of urea groups is 1. The number of carbonyl (C=O) groups excluding carboxylic acids is 1. The zero-order valence-corrected chi connectivity index (χ0v) is 14.0. The largest absolute Gasteiger partial charge is 0.368 e. The summed E-state index contributed by atoms with van der Waals surface area (Å²) in [6.07, 6.45) is 0. The predicted molar refractivity (Wildman–Crippen MR) is 95.7 cm³/mol. The SMILES string of the molecule is O=C(Nc1ccccc1)N1CCN(c2ccc(Cl)c(Cl)c2)CC1. The lowest BCUT2D eigenvalue weighted by molar-refractivity contribution is 0.208. The molecule has 2 aromatic rings. The molecule has 6 heteroatoms. The number of amides is 2. The van der Waals surface area contributed by atoms with E-state index in [2.05, 4.69) is 10.2 Å². The van der Waals surface area contributed by atoms with Gasteiger partial charge in [0.2, 0.25) is 0 Å². The summed E-state index contributed by atoms with van der Waals surface area (Å²) in [5.41, 5.74) is 1.84. The molecular formula is C17H17Cl2N3O. The van der Waals surface area contributed by atoms with E-state index in [1.165, 1.54) is 0 Å². The third kappa shape index (κ3) is 3.89. The first-order valence-corrected chi connectivity index (χ1v) is 8.20. The average molecular weight is 350 g/mol. The van der Waals surface area contributed by atoms with Gasteiger partial charge in [-0.25, -0.2) is 4.79 Å². The molecule has 1 aliphatic rings. The van der Waals surface area contributed by atoms with Crippen LogP contribution in [0.5, 0.6) is 0 Å². The highest BCUT2D eigenvalue weighted by molar-refractivity contribution is 6.42. The average Bonchev–Trinajstić information content (AvgIpc) is 2.58. The maximum atomic E-state index is 12.3. The van der Waals surface area contributed by atoms with Crippen LogP contribution in [0.25, 0.3) is 0 Å². The van der Waals surface area contributed by atoms with Gasteiger partial charge in [-0.15, -0.1) is 0 Å². The van der Waals surface area contributed by atoms with Gasteiger partial charge in [-0.05, 0) is 30.3 Å². The second kappa shape index (κ2) is 7.11. The number of anilines is 2. The van der Waals surface area contributed by atoms with Crippen LogP contribution in [0, 0.1) is 0 Å². The maximum Gasteiger partial charge on any atom is 0.321 e. The fourth-order valence-corrected chi connectivity index (χ4v) is 2.87. The molecule has 0 bridgehead atoms. The first-order valence-electron chi connectivity index (χ1n) is 7.44. The Bertz CT molecular complexity index is 685. The second-order valence-electron chi connectivity index (χ2n) is 5.37. The van der Waals surface area contributed by atoms with Crippen LogP contribution in [0.3, 0.4) is 0 Å². The van der Waals surface area contributed by atoms with Crippen LogP contribution in [-0.4, -0.2) is 37.1 Å². The maximum absolute atomic E-state index is 12.3. The van der Waals surface area contributed by atoms with E-state index in [1.54, 1.807) is 6.07 Å². The van der Waals surface area contributed by atoms with E-state index in [9.17, 15) is 4.79 Å². The zero-order chi connectivity index (χ0) is 16.2. The number of nitrogens with zero attached hydrogens (tertiary/aromatic N) is 2. The number of hydrogen-bond acceptors (Lipinski definition) is 2. The Hall–Kier alpha value is -1.91. The van der Waals surface area contributed by atoms with Gasteiger partial charge in [-0.1, -0.05) is 41.4 Å². The van der Waals surface area contributed by atoms with E-state index < -0.39 is 0 Å². The highest BCUT2D eigenvalue weighted by Gasteiger charge is 2.21. The Morgan fingerprint density at radius 2 is 1.61 bits per heavy atom. The van der Waals surface area contributed by atoms with Crippen LogP contribution in [0.1, 0.15) is 0 Å². The number of rotatable bonds is 2. The number of carbonyl (C=O) groups is 1. The van der Waals surface area contributed by atoms with Gasteiger partial charge in [0, 0.05) is 37.6 Å². The van der Waals surface area contributed by atoms with E-state index in [4.69, 9.17) is 23.2 Å². The Balaban J connectivity index is 1.57. The van der Waals surface area contributed by atoms with E-state index in [0.717, 1.165) is 24.5 Å². The van der Waals surface area contributed by atoms with E-state index in [0.29, 0.717) is 23.1 Å². The molecule has 0 radical (unpaired) electrons. The summed E-state index contributed by atoms with van der Waals surface area (Å²) in [7, 11) is 0. The first-order chi connectivity index (χ1) is 11.1. The summed E-state index contributed by atoms with van der Waals surface area (Å²) in [6, 6.07) is 15.0. The zero-order valence-electron chi connectivity index (χ0n) is 12.5. The molecule has 23 heavy (non-hydrogen) atoms. The topological polar surface area (TPSA) is 35.6 Å². The van der Waals surface area contributed by atoms with Gasteiger partial charge in [-0.3, -0.25) is 0 Å². The normalized spacial score (nSPS) is 14.7. The fraction of sp³-hybridized carbons (Fsp3) is 0.235. The van der Waals surface area contributed by atoms with Gasteiger partial charge < -0.3 is 15.1 Å². The molecule has 1 fully saturated rings. The molecule has 0 aromatic heterocycles. The molecule has 1 heterocycles. The number of halogens is 2. The third-order valence-corrected chi connectivity index (χ3v) is 4.60. The minimum atomic E-state index is -0.0648. The summed E-state index contributed by atoms with van der Waals surface area (Å²) < 4.78 is 0. The van der Waals surface area contributed by atoms with Gasteiger partial charge in [0.05, 0.1) is 10.0 Å².